The first-order valence-electron chi connectivity index (χ1n) is 7.43. The molecule has 174 valence electrons. The first kappa shape index (κ1) is 31.6. The fourth-order valence-electron chi connectivity index (χ4n) is 2.45. The van der Waals surface area contributed by atoms with Crippen molar-refractivity contribution in [2.45, 2.75) is 44.1 Å². The second kappa shape index (κ2) is 10.1. The van der Waals surface area contributed by atoms with Crippen LogP contribution in [0.5, 0.6) is 0 Å². The Balaban J connectivity index is 4.26. The summed E-state index contributed by atoms with van der Waals surface area (Å²) in [6.45, 7) is 3.49. The van der Waals surface area contributed by atoms with E-state index in [4.69, 9.17) is 174 Å². The quantitative estimate of drug-likeness (QED) is 0.272. The van der Waals surface area contributed by atoms with Crippen LogP contribution in [0.1, 0.15) is 42.0 Å². The van der Waals surface area contributed by atoms with Gasteiger partial charge in [-0.15, -0.1) is 0 Å². The van der Waals surface area contributed by atoms with E-state index in [-0.39, 0.29) is 22.6 Å². The number of halogens is 15. The molecule has 0 saturated heterocycles. The Morgan fingerprint density at radius 1 is 0.500 bits per heavy atom. The van der Waals surface area contributed by atoms with Gasteiger partial charge in [0.1, 0.15) is 0 Å². The molecule has 0 aliphatic rings. The van der Waals surface area contributed by atoms with Crippen molar-refractivity contribution in [2.75, 3.05) is 0 Å². The van der Waals surface area contributed by atoms with Crippen molar-refractivity contribution in [3.8, 4) is 0 Å². The third-order valence-electron chi connectivity index (χ3n) is 3.86. The smallest absolute Gasteiger partial charge is 0.0915 e. The standard InChI is InChI=1S/C15H9Cl15/c1-5(2)9-7(11(18,19)14(25,26)27)3-6(10(16,17)13(22,23)24)4-8(9)12(20,21)15(28,29)30/h3-5H,1-2H3. The highest BCUT2D eigenvalue weighted by Crippen LogP contribution is 2.61. The number of alkyl halides is 15. The Morgan fingerprint density at radius 2 is 0.767 bits per heavy atom. The normalized spacial score (nSPS) is 15.1. The summed E-state index contributed by atoms with van der Waals surface area (Å²) in [5.74, 6) is -0.384. The Hall–Kier alpha value is 3.57. The van der Waals surface area contributed by atoms with Gasteiger partial charge in [0, 0.05) is 0 Å². The summed E-state index contributed by atoms with van der Waals surface area (Å²) in [6, 6.07) is 2.59. The summed E-state index contributed by atoms with van der Waals surface area (Å²) in [5, 5.41) is 0. The van der Waals surface area contributed by atoms with Gasteiger partial charge in [-0.3, -0.25) is 0 Å². The highest BCUT2D eigenvalue weighted by molar-refractivity contribution is 6.77. The minimum absolute atomic E-state index is 0.00631. The Labute approximate surface area is 249 Å². The summed E-state index contributed by atoms with van der Waals surface area (Å²) in [7, 11) is 0. The van der Waals surface area contributed by atoms with Gasteiger partial charge in [0.05, 0.1) is 0 Å². The van der Waals surface area contributed by atoms with Crippen LogP contribution < -0.4 is 0 Å². The van der Waals surface area contributed by atoms with Crippen molar-refractivity contribution >= 4 is 174 Å². The molecule has 0 radical (unpaired) electrons. The number of hydrogen-bond donors (Lipinski definition) is 0. The fourth-order valence-corrected chi connectivity index (χ4v) is 4.23. The molecule has 0 nitrogen and oxygen atoms in total. The van der Waals surface area contributed by atoms with Gasteiger partial charge >= 0.3 is 0 Å². The van der Waals surface area contributed by atoms with Crippen LogP contribution in [0, 0.1) is 0 Å². The maximum Gasteiger partial charge on any atom is 0.227 e. The molecule has 0 bridgehead atoms. The van der Waals surface area contributed by atoms with Crippen LogP contribution in [0.2, 0.25) is 0 Å². The van der Waals surface area contributed by atoms with Crippen molar-refractivity contribution in [1.29, 1.82) is 0 Å². The van der Waals surface area contributed by atoms with Gasteiger partial charge in [0.25, 0.3) is 0 Å². The average Bonchev–Trinajstić information content (AvgIpc) is 2.49. The zero-order valence-corrected chi connectivity index (χ0v) is 25.7. The summed E-state index contributed by atoms with van der Waals surface area (Å²) in [5.41, 5.74) is 0.210. The Kier molecular flexibility index (Phi) is 10.7. The van der Waals surface area contributed by atoms with Crippen LogP contribution in [0.3, 0.4) is 0 Å². The van der Waals surface area contributed by atoms with Gasteiger partial charge in [0.2, 0.25) is 11.4 Å². The van der Waals surface area contributed by atoms with Gasteiger partial charge < -0.3 is 0 Å². The summed E-state index contributed by atoms with van der Waals surface area (Å²) in [4.78, 5) is 0. The van der Waals surface area contributed by atoms with Gasteiger partial charge in [-0.05, 0) is 40.3 Å². The molecule has 0 aromatic heterocycles. The molecule has 15 heteroatoms. The molecule has 0 saturated carbocycles. The first-order chi connectivity index (χ1) is 12.9. The Morgan fingerprint density at radius 3 is 0.967 bits per heavy atom. The first-order valence-corrected chi connectivity index (χ1v) is 13.1. The van der Waals surface area contributed by atoms with Crippen LogP contribution in [0.15, 0.2) is 12.1 Å². The average molecular weight is 721 g/mol. The lowest BCUT2D eigenvalue weighted by Crippen LogP contribution is -2.36. The molecule has 0 N–H and O–H groups in total. The van der Waals surface area contributed by atoms with E-state index >= 15 is 0 Å². The van der Waals surface area contributed by atoms with Crippen LogP contribution in [0.25, 0.3) is 0 Å². The van der Waals surface area contributed by atoms with Gasteiger partial charge in [-0.1, -0.05) is 188 Å². The van der Waals surface area contributed by atoms with E-state index in [1.165, 1.54) is 12.1 Å². The molecule has 0 fully saturated rings. The molecule has 1 rings (SSSR count). The highest BCUT2D eigenvalue weighted by Gasteiger charge is 2.55. The molecular formula is C15H9Cl15. The molecule has 0 amide bonds. The van der Waals surface area contributed by atoms with Crippen LogP contribution in [0.4, 0.5) is 0 Å². The molecule has 0 unspecified atom stereocenters. The third-order valence-corrected chi connectivity index (χ3v) is 11.1. The number of hydrogen-bond acceptors (Lipinski definition) is 0. The van der Waals surface area contributed by atoms with E-state index in [0.717, 1.165) is 0 Å². The number of rotatable bonds is 4. The molecule has 0 aliphatic carbocycles. The lowest BCUT2D eigenvalue weighted by molar-refractivity contribution is 0.744. The van der Waals surface area contributed by atoms with Crippen molar-refractivity contribution in [3.63, 3.8) is 0 Å². The molecule has 1 aromatic carbocycles. The minimum atomic E-state index is -2.25. The van der Waals surface area contributed by atoms with E-state index in [9.17, 15) is 0 Å². The van der Waals surface area contributed by atoms with Crippen molar-refractivity contribution in [2.24, 2.45) is 0 Å². The summed E-state index contributed by atoms with van der Waals surface area (Å²) < 4.78 is -13.3. The van der Waals surface area contributed by atoms with Crippen LogP contribution in [-0.4, -0.2) is 11.4 Å². The second-order valence-corrected chi connectivity index (χ2v) is 17.2. The van der Waals surface area contributed by atoms with E-state index in [1.54, 1.807) is 13.8 Å². The molecular weight excluding hydrogens is 712 g/mol. The summed E-state index contributed by atoms with van der Waals surface area (Å²) >= 11 is 92.5. The zero-order valence-electron chi connectivity index (χ0n) is 14.4. The maximum atomic E-state index is 6.46. The largest absolute Gasteiger partial charge is 0.227 e. The lowest BCUT2D eigenvalue weighted by Gasteiger charge is -2.38. The monoisotopic (exact) mass is 714 g/mol. The predicted molar refractivity (Wildman–Crippen MR) is 142 cm³/mol. The molecule has 0 spiro atoms. The van der Waals surface area contributed by atoms with Gasteiger partial charge in [-0.2, -0.15) is 0 Å². The van der Waals surface area contributed by atoms with Gasteiger partial charge in [0.15, 0.2) is 13.0 Å². The predicted octanol–water partition coefficient (Wildman–Crippen LogP) is 11.8. The highest BCUT2D eigenvalue weighted by atomic mass is 35.6. The molecule has 0 heterocycles. The summed E-state index contributed by atoms with van der Waals surface area (Å²) in [6.07, 6.45) is 0. The third kappa shape index (κ3) is 6.27. The minimum Gasteiger partial charge on any atom is -0.0915 e. The zero-order chi connectivity index (χ0) is 24.3. The molecule has 0 atom stereocenters. The van der Waals surface area contributed by atoms with Crippen molar-refractivity contribution in [3.05, 3.63) is 34.4 Å². The van der Waals surface area contributed by atoms with Crippen molar-refractivity contribution < 1.29 is 0 Å². The SMILES string of the molecule is CC(C)c1c(C(Cl)(Cl)C(Cl)(Cl)Cl)cc(C(Cl)(Cl)C(Cl)(Cl)Cl)cc1C(Cl)(Cl)C(Cl)(Cl)Cl. The van der Waals surface area contributed by atoms with Crippen LogP contribution in [-0.2, 0) is 13.0 Å². The fraction of sp³-hybridized carbons (Fsp3) is 0.600. The molecule has 1 aromatic rings. The Bertz CT molecular complexity index is 730. The maximum absolute atomic E-state index is 6.46. The van der Waals surface area contributed by atoms with E-state index in [0.29, 0.717) is 5.56 Å². The van der Waals surface area contributed by atoms with Crippen molar-refractivity contribution in [1.82, 2.24) is 0 Å². The lowest BCUT2D eigenvalue weighted by atomic mass is 9.86. The van der Waals surface area contributed by atoms with Crippen LogP contribution >= 0.6 is 174 Å². The van der Waals surface area contributed by atoms with E-state index < -0.39 is 24.4 Å². The topological polar surface area (TPSA) is 0 Å². The number of benzene rings is 1. The van der Waals surface area contributed by atoms with E-state index in [2.05, 4.69) is 0 Å². The van der Waals surface area contributed by atoms with Gasteiger partial charge in [-0.25, -0.2) is 0 Å². The molecule has 0 aliphatic heterocycles. The second-order valence-electron chi connectivity index (χ2n) is 6.36. The molecule has 30 heavy (non-hydrogen) atoms. The van der Waals surface area contributed by atoms with E-state index in [1.807, 2.05) is 0 Å².